The average Bonchev–Trinajstić information content (AvgIpc) is 2.60. The van der Waals surface area contributed by atoms with Crippen LogP contribution in [0, 0.1) is 0 Å². The number of nitrogens with two attached hydrogens (primary N) is 1. The number of hydrogen-bond donors (Lipinski definition) is 2. The molecule has 0 bridgehead atoms. The first-order valence-corrected chi connectivity index (χ1v) is 6.20. The summed E-state index contributed by atoms with van der Waals surface area (Å²) in [6, 6.07) is 7.87. The number of aliphatic hydroxyl groups excluding tert-OH is 1. The molecular formula is C14H22N2O. The molecule has 2 rings (SSSR count). The zero-order chi connectivity index (χ0) is 12.6. The van der Waals surface area contributed by atoms with Gasteiger partial charge in [-0.3, -0.25) is 4.90 Å². The molecule has 0 aromatic heterocycles. The van der Waals surface area contributed by atoms with E-state index >= 15 is 0 Å². The third-order valence-corrected chi connectivity index (χ3v) is 3.54. The van der Waals surface area contributed by atoms with Gasteiger partial charge < -0.3 is 10.8 Å². The largest absolute Gasteiger partial charge is 0.398 e. The van der Waals surface area contributed by atoms with Gasteiger partial charge in [-0.05, 0) is 38.8 Å². The highest BCUT2D eigenvalue weighted by Crippen LogP contribution is 2.39. The van der Waals surface area contributed by atoms with Gasteiger partial charge in [0.25, 0.3) is 0 Å². The monoisotopic (exact) mass is 234 g/mol. The SMILES string of the molecule is CC(C)(C)N1CCC(O)C1c1ccccc1N. The number of para-hydroxylation sites is 1. The van der Waals surface area contributed by atoms with Crippen LogP contribution in [0.25, 0.3) is 0 Å². The summed E-state index contributed by atoms with van der Waals surface area (Å²) in [6.07, 6.45) is 0.495. The smallest absolute Gasteiger partial charge is 0.0750 e. The van der Waals surface area contributed by atoms with Crippen molar-refractivity contribution in [1.82, 2.24) is 4.90 Å². The van der Waals surface area contributed by atoms with Gasteiger partial charge in [0.1, 0.15) is 0 Å². The number of likely N-dealkylation sites (tertiary alicyclic amines) is 1. The maximum Gasteiger partial charge on any atom is 0.0750 e. The molecule has 1 aromatic carbocycles. The predicted molar refractivity (Wildman–Crippen MR) is 70.7 cm³/mol. The molecule has 0 aliphatic carbocycles. The molecule has 3 nitrogen and oxygen atoms in total. The van der Waals surface area contributed by atoms with Crippen LogP contribution in [-0.2, 0) is 0 Å². The van der Waals surface area contributed by atoms with Gasteiger partial charge >= 0.3 is 0 Å². The number of rotatable bonds is 1. The highest BCUT2D eigenvalue weighted by atomic mass is 16.3. The lowest BCUT2D eigenvalue weighted by Crippen LogP contribution is -2.42. The normalized spacial score (nSPS) is 26.4. The van der Waals surface area contributed by atoms with Crippen LogP contribution >= 0.6 is 0 Å². The maximum atomic E-state index is 10.2. The lowest BCUT2D eigenvalue weighted by Gasteiger charge is -2.38. The van der Waals surface area contributed by atoms with E-state index in [0.29, 0.717) is 0 Å². The first-order valence-electron chi connectivity index (χ1n) is 6.20. The van der Waals surface area contributed by atoms with E-state index in [-0.39, 0.29) is 17.7 Å². The molecular weight excluding hydrogens is 212 g/mol. The summed E-state index contributed by atoms with van der Waals surface area (Å²) < 4.78 is 0. The zero-order valence-electron chi connectivity index (χ0n) is 10.9. The molecule has 3 heteroatoms. The van der Waals surface area contributed by atoms with E-state index in [1.54, 1.807) is 0 Å². The van der Waals surface area contributed by atoms with Crippen molar-refractivity contribution >= 4 is 5.69 Å². The van der Waals surface area contributed by atoms with E-state index in [0.717, 1.165) is 24.2 Å². The van der Waals surface area contributed by atoms with Crippen LogP contribution < -0.4 is 5.73 Å². The van der Waals surface area contributed by atoms with Gasteiger partial charge in [-0.15, -0.1) is 0 Å². The Bertz CT molecular complexity index is 397. The number of benzene rings is 1. The van der Waals surface area contributed by atoms with E-state index in [2.05, 4.69) is 25.7 Å². The third-order valence-electron chi connectivity index (χ3n) is 3.54. The number of nitrogen functional groups attached to an aromatic ring is 1. The van der Waals surface area contributed by atoms with Crippen LogP contribution in [0.3, 0.4) is 0 Å². The molecule has 17 heavy (non-hydrogen) atoms. The second-order valence-corrected chi connectivity index (χ2v) is 5.79. The Hall–Kier alpha value is -1.06. The second kappa shape index (κ2) is 4.31. The molecule has 1 aliphatic rings. The van der Waals surface area contributed by atoms with Crippen molar-refractivity contribution in [2.24, 2.45) is 0 Å². The van der Waals surface area contributed by atoms with E-state index in [1.807, 2.05) is 24.3 Å². The lowest BCUT2D eigenvalue weighted by molar-refractivity contribution is 0.0640. The van der Waals surface area contributed by atoms with Crippen molar-refractivity contribution in [3.63, 3.8) is 0 Å². The summed E-state index contributed by atoms with van der Waals surface area (Å²) in [5.41, 5.74) is 7.90. The van der Waals surface area contributed by atoms with E-state index in [1.165, 1.54) is 0 Å². The molecule has 1 aromatic rings. The van der Waals surface area contributed by atoms with Gasteiger partial charge in [0.2, 0.25) is 0 Å². The standard InChI is InChI=1S/C14H22N2O/c1-14(2,3)16-9-8-12(17)13(16)10-6-4-5-7-11(10)15/h4-7,12-13,17H,8-9,15H2,1-3H3. The Morgan fingerprint density at radius 1 is 1.29 bits per heavy atom. The fourth-order valence-corrected chi connectivity index (χ4v) is 2.68. The van der Waals surface area contributed by atoms with E-state index in [4.69, 9.17) is 5.73 Å². The summed E-state index contributed by atoms with van der Waals surface area (Å²) in [6.45, 7) is 7.45. The van der Waals surface area contributed by atoms with Crippen molar-refractivity contribution in [2.75, 3.05) is 12.3 Å². The fourth-order valence-electron chi connectivity index (χ4n) is 2.68. The Morgan fingerprint density at radius 2 is 1.94 bits per heavy atom. The Labute approximate surface area is 103 Å². The average molecular weight is 234 g/mol. The van der Waals surface area contributed by atoms with Crippen LogP contribution in [0.4, 0.5) is 5.69 Å². The molecule has 1 aliphatic heterocycles. The highest BCUT2D eigenvalue weighted by Gasteiger charge is 2.40. The van der Waals surface area contributed by atoms with Gasteiger partial charge in [-0.1, -0.05) is 18.2 Å². The van der Waals surface area contributed by atoms with Crippen molar-refractivity contribution in [1.29, 1.82) is 0 Å². The minimum atomic E-state index is -0.320. The van der Waals surface area contributed by atoms with Gasteiger partial charge in [0.05, 0.1) is 12.1 Å². The molecule has 1 fully saturated rings. The van der Waals surface area contributed by atoms with Crippen LogP contribution in [-0.4, -0.2) is 28.2 Å². The first-order chi connectivity index (χ1) is 7.91. The topological polar surface area (TPSA) is 49.5 Å². The minimum Gasteiger partial charge on any atom is -0.398 e. The van der Waals surface area contributed by atoms with Crippen molar-refractivity contribution in [3.8, 4) is 0 Å². The molecule has 1 heterocycles. The molecule has 0 spiro atoms. The van der Waals surface area contributed by atoms with Gasteiger partial charge in [0.15, 0.2) is 0 Å². The van der Waals surface area contributed by atoms with Crippen molar-refractivity contribution < 1.29 is 5.11 Å². The lowest BCUT2D eigenvalue weighted by atomic mass is 9.96. The molecule has 3 N–H and O–H groups in total. The number of nitrogens with zero attached hydrogens (tertiary/aromatic N) is 1. The van der Waals surface area contributed by atoms with Crippen LogP contribution in [0.15, 0.2) is 24.3 Å². The summed E-state index contributed by atoms with van der Waals surface area (Å²) in [5.74, 6) is 0. The highest BCUT2D eigenvalue weighted by molar-refractivity contribution is 5.49. The Kier molecular flexibility index (Phi) is 3.15. The molecule has 0 amide bonds. The molecule has 2 unspecified atom stereocenters. The quantitative estimate of drug-likeness (QED) is 0.732. The second-order valence-electron chi connectivity index (χ2n) is 5.79. The summed E-state index contributed by atoms with van der Waals surface area (Å²) in [7, 11) is 0. The minimum absolute atomic E-state index is 0.0243. The van der Waals surface area contributed by atoms with Crippen molar-refractivity contribution in [2.45, 2.75) is 44.9 Å². The van der Waals surface area contributed by atoms with Gasteiger partial charge in [-0.2, -0.15) is 0 Å². The summed E-state index contributed by atoms with van der Waals surface area (Å²) in [4.78, 5) is 2.34. The number of hydrogen-bond acceptors (Lipinski definition) is 3. The van der Waals surface area contributed by atoms with Crippen LogP contribution in [0.1, 0.15) is 38.8 Å². The predicted octanol–water partition coefficient (Wildman–Crippen LogP) is 2.17. The van der Waals surface area contributed by atoms with E-state index < -0.39 is 0 Å². The first kappa shape index (κ1) is 12.4. The van der Waals surface area contributed by atoms with Gasteiger partial charge in [-0.25, -0.2) is 0 Å². The molecule has 94 valence electrons. The van der Waals surface area contributed by atoms with Crippen LogP contribution in [0.2, 0.25) is 0 Å². The third kappa shape index (κ3) is 2.31. The maximum absolute atomic E-state index is 10.2. The fraction of sp³-hybridized carbons (Fsp3) is 0.571. The zero-order valence-corrected chi connectivity index (χ0v) is 10.9. The summed E-state index contributed by atoms with van der Waals surface area (Å²) >= 11 is 0. The molecule has 2 atom stereocenters. The molecule has 0 radical (unpaired) electrons. The van der Waals surface area contributed by atoms with E-state index in [9.17, 15) is 5.11 Å². The van der Waals surface area contributed by atoms with Crippen molar-refractivity contribution in [3.05, 3.63) is 29.8 Å². The Morgan fingerprint density at radius 3 is 2.53 bits per heavy atom. The van der Waals surface area contributed by atoms with Crippen LogP contribution in [0.5, 0.6) is 0 Å². The summed E-state index contributed by atoms with van der Waals surface area (Å²) in [5, 5.41) is 10.2. The number of anilines is 1. The Balaban J connectivity index is 2.38. The van der Waals surface area contributed by atoms with Gasteiger partial charge in [0, 0.05) is 17.8 Å². The molecule has 1 saturated heterocycles. The number of aliphatic hydroxyl groups is 1. The molecule has 0 saturated carbocycles.